The van der Waals surface area contributed by atoms with E-state index in [1.165, 1.54) is 5.56 Å². The molecule has 0 saturated carbocycles. The number of H-pyrrole nitrogens is 1. The normalized spacial score (nSPS) is 13.7. The van der Waals surface area contributed by atoms with E-state index in [4.69, 9.17) is 0 Å². The maximum Gasteiger partial charge on any atom is 0.256 e. The van der Waals surface area contributed by atoms with Crippen molar-refractivity contribution >= 4 is 16.7 Å². The van der Waals surface area contributed by atoms with Crippen molar-refractivity contribution in [3.63, 3.8) is 0 Å². The molecular formula is C26H32N4O2. The van der Waals surface area contributed by atoms with Crippen molar-refractivity contribution in [2.24, 2.45) is 0 Å². The third kappa shape index (κ3) is 5.26. The quantitative estimate of drug-likeness (QED) is 0.594. The highest BCUT2D eigenvalue weighted by atomic mass is 16.2. The highest BCUT2D eigenvalue weighted by Gasteiger charge is 2.24. The Morgan fingerprint density at radius 2 is 1.69 bits per heavy atom. The van der Waals surface area contributed by atoms with Gasteiger partial charge >= 0.3 is 0 Å². The molecule has 0 bridgehead atoms. The molecule has 3 aromatic rings. The maximum absolute atomic E-state index is 13.2. The number of rotatable bonds is 8. The maximum atomic E-state index is 13.2. The number of nitrogens with zero attached hydrogens (tertiary/aromatic N) is 3. The molecule has 0 spiro atoms. The Hall–Kier alpha value is -2.96. The Kier molecular flexibility index (Phi) is 7.02. The second kappa shape index (κ2) is 10.1. The number of hydrogen-bond donors (Lipinski definition) is 1. The van der Waals surface area contributed by atoms with Gasteiger partial charge in [0.25, 0.3) is 5.56 Å². The van der Waals surface area contributed by atoms with Crippen LogP contribution in [0.2, 0.25) is 0 Å². The molecule has 0 atom stereocenters. The Balaban J connectivity index is 1.44. The lowest BCUT2D eigenvalue weighted by Gasteiger charge is -2.32. The molecule has 1 aliphatic rings. The monoisotopic (exact) mass is 432 g/mol. The number of carbonyl (C=O) groups excluding carboxylic acids is 1. The van der Waals surface area contributed by atoms with E-state index >= 15 is 0 Å². The fourth-order valence-corrected chi connectivity index (χ4v) is 4.37. The van der Waals surface area contributed by atoms with Gasteiger partial charge in [0.05, 0.1) is 13.1 Å². The van der Waals surface area contributed by atoms with Crippen LogP contribution in [0, 0.1) is 0 Å². The van der Waals surface area contributed by atoms with Gasteiger partial charge in [0.2, 0.25) is 5.91 Å². The van der Waals surface area contributed by atoms with Gasteiger partial charge < -0.3 is 14.8 Å². The number of aromatic amines is 1. The van der Waals surface area contributed by atoms with Crippen LogP contribution in [0.3, 0.4) is 0 Å². The van der Waals surface area contributed by atoms with E-state index in [2.05, 4.69) is 53.1 Å². The number of carbonyl (C=O) groups is 1. The number of nitrogens with one attached hydrogen (secondary N) is 1. The highest BCUT2D eigenvalue weighted by Crippen LogP contribution is 2.23. The van der Waals surface area contributed by atoms with E-state index in [9.17, 15) is 9.59 Å². The Morgan fingerprint density at radius 3 is 2.44 bits per heavy atom. The van der Waals surface area contributed by atoms with Crippen molar-refractivity contribution in [2.45, 2.75) is 19.4 Å². The average molecular weight is 433 g/mol. The molecule has 6 nitrogen and oxygen atoms in total. The molecule has 4 rings (SSSR count). The van der Waals surface area contributed by atoms with E-state index in [-0.39, 0.29) is 11.5 Å². The number of fused-ring (bicyclic) bond motifs is 3. The van der Waals surface area contributed by atoms with Crippen LogP contribution in [0.15, 0.2) is 59.4 Å². The SMILES string of the molecule is CN(C)CCN(CCc1ccccc1)CC(=O)N1CCc2c([nH]c(=O)c3ccccc23)C1. The summed E-state index contributed by atoms with van der Waals surface area (Å²) in [5, 5.41) is 1.73. The Labute approximate surface area is 189 Å². The molecule has 1 aromatic heterocycles. The van der Waals surface area contributed by atoms with Crippen LogP contribution in [0.25, 0.3) is 10.8 Å². The summed E-state index contributed by atoms with van der Waals surface area (Å²) in [7, 11) is 4.11. The summed E-state index contributed by atoms with van der Waals surface area (Å²) in [6.07, 6.45) is 1.68. The second-order valence-corrected chi connectivity index (χ2v) is 8.84. The van der Waals surface area contributed by atoms with Crippen molar-refractivity contribution < 1.29 is 4.79 Å². The molecule has 0 fully saturated rings. The molecule has 2 aromatic carbocycles. The lowest BCUT2D eigenvalue weighted by Crippen LogP contribution is -2.45. The lowest BCUT2D eigenvalue weighted by molar-refractivity contribution is -0.133. The minimum absolute atomic E-state index is 0.0795. The fourth-order valence-electron chi connectivity index (χ4n) is 4.37. The van der Waals surface area contributed by atoms with Crippen LogP contribution in [-0.2, 0) is 24.2 Å². The average Bonchev–Trinajstić information content (AvgIpc) is 2.81. The fraction of sp³-hybridized carbons (Fsp3) is 0.385. The van der Waals surface area contributed by atoms with Crippen LogP contribution in [0.5, 0.6) is 0 Å². The van der Waals surface area contributed by atoms with Gasteiger partial charge in [-0.05, 0) is 49.5 Å². The summed E-state index contributed by atoms with van der Waals surface area (Å²) in [6.45, 7) is 4.14. The first kappa shape index (κ1) is 22.2. The van der Waals surface area contributed by atoms with E-state index < -0.39 is 0 Å². The molecule has 0 unspecified atom stereocenters. The Morgan fingerprint density at radius 1 is 0.969 bits per heavy atom. The van der Waals surface area contributed by atoms with E-state index in [1.807, 2.05) is 35.2 Å². The number of aromatic nitrogens is 1. The highest BCUT2D eigenvalue weighted by molar-refractivity contribution is 5.86. The summed E-state index contributed by atoms with van der Waals surface area (Å²) in [4.78, 5) is 35.0. The number of pyridine rings is 1. The zero-order valence-corrected chi connectivity index (χ0v) is 19.0. The molecule has 32 heavy (non-hydrogen) atoms. The topological polar surface area (TPSA) is 59.6 Å². The third-order valence-corrected chi connectivity index (χ3v) is 6.24. The van der Waals surface area contributed by atoms with Gasteiger partial charge in [-0.1, -0.05) is 48.5 Å². The van der Waals surface area contributed by atoms with Gasteiger partial charge in [0.1, 0.15) is 0 Å². The number of amides is 1. The number of likely N-dealkylation sites (N-methyl/N-ethyl adjacent to an activating group) is 1. The summed E-state index contributed by atoms with van der Waals surface area (Å²) in [5.74, 6) is 0.122. The standard InChI is InChI=1S/C26H32N4O2/c1-28(2)16-17-29(14-12-20-8-4-3-5-9-20)19-25(31)30-15-13-22-21-10-6-7-11-23(21)26(32)27-24(22)18-30/h3-11H,12-19H2,1-2H3,(H,27,32). The Bertz CT molecular complexity index is 1120. The van der Waals surface area contributed by atoms with Crippen LogP contribution >= 0.6 is 0 Å². The lowest BCUT2D eigenvalue weighted by atomic mass is 9.98. The minimum Gasteiger partial charge on any atom is -0.335 e. The summed E-state index contributed by atoms with van der Waals surface area (Å²) in [5.41, 5.74) is 3.24. The first-order chi connectivity index (χ1) is 15.5. The number of benzene rings is 2. The molecule has 0 saturated heterocycles. The summed E-state index contributed by atoms with van der Waals surface area (Å²) >= 11 is 0. The summed E-state index contributed by atoms with van der Waals surface area (Å²) in [6, 6.07) is 18.1. The van der Waals surface area contributed by atoms with Gasteiger partial charge in [-0.3, -0.25) is 14.5 Å². The van der Waals surface area contributed by atoms with Gasteiger partial charge in [-0.15, -0.1) is 0 Å². The van der Waals surface area contributed by atoms with Gasteiger partial charge in [-0.2, -0.15) is 0 Å². The first-order valence-corrected chi connectivity index (χ1v) is 11.3. The van der Waals surface area contributed by atoms with Gasteiger partial charge in [-0.25, -0.2) is 0 Å². The van der Waals surface area contributed by atoms with Crippen molar-refractivity contribution in [1.82, 2.24) is 19.7 Å². The van der Waals surface area contributed by atoms with Crippen molar-refractivity contribution in [3.8, 4) is 0 Å². The second-order valence-electron chi connectivity index (χ2n) is 8.84. The first-order valence-electron chi connectivity index (χ1n) is 11.3. The zero-order chi connectivity index (χ0) is 22.5. The molecule has 2 heterocycles. The van der Waals surface area contributed by atoms with E-state index in [0.29, 0.717) is 19.6 Å². The number of hydrogen-bond acceptors (Lipinski definition) is 4. The van der Waals surface area contributed by atoms with Gasteiger partial charge in [0, 0.05) is 37.3 Å². The molecule has 6 heteroatoms. The van der Waals surface area contributed by atoms with Crippen LogP contribution in [0.4, 0.5) is 0 Å². The van der Waals surface area contributed by atoms with Crippen LogP contribution < -0.4 is 5.56 Å². The van der Waals surface area contributed by atoms with E-state index in [0.717, 1.165) is 54.5 Å². The van der Waals surface area contributed by atoms with Crippen LogP contribution in [0.1, 0.15) is 16.8 Å². The molecule has 168 valence electrons. The smallest absolute Gasteiger partial charge is 0.256 e. The molecule has 1 amide bonds. The van der Waals surface area contributed by atoms with Crippen LogP contribution in [-0.4, -0.2) is 72.4 Å². The van der Waals surface area contributed by atoms with Crippen molar-refractivity contribution in [3.05, 3.63) is 81.8 Å². The zero-order valence-electron chi connectivity index (χ0n) is 19.0. The largest absolute Gasteiger partial charge is 0.335 e. The third-order valence-electron chi connectivity index (χ3n) is 6.24. The van der Waals surface area contributed by atoms with Gasteiger partial charge in [0.15, 0.2) is 0 Å². The molecule has 1 aliphatic heterocycles. The van der Waals surface area contributed by atoms with Crippen molar-refractivity contribution in [2.75, 3.05) is 46.8 Å². The predicted molar refractivity (Wildman–Crippen MR) is 129 cm³/mol. The minimum atomic E-state index is -0.0795. The van der Waals surface area contributed by atoms with E-state index in [1.54, 1.807) is 0 Å². The predicted octanol–water partition coefficient (Wildman–Crippen LogP) is 2.52. The molecular weight excluding hydrogens is 400 g/mol. The molecule has 1 N–H and O–H groups in total. The molecule has 0 radical (unpaired) electrons. The molecule has 0 aliphatic carbocycles. The summed E-state index contributed by atoms with van der Waals surface area (Å²) < 4.78 is 0. The van der Waals surface area contributed by atoms with Crippen molar-refractivity contribution in [1.29, 1.82) is 0 Å².